The number of nitrogens with one attached hydrogen (secondary N) is 1. The molecule has 5 rings (SSSR count). The molecule has 39 heavy (non-hydrogen) atoms. The van der Waals surface area contributed by atoms with Crippen LogP contribution in [0.5, 0.6) is 5.75 Å². The fourth-order valence-corrected chi connectivity index (χ4v) is 4.96. The predicted octanol–water partition coefficient (Wildman–Crippen LogP) is 5.89. The van der Waals surface area contributed by atoms with E-state index in [1.165, 1.54) is 5.56 Å². The average Bonchev–Trinajstić information content (AvgIpc) is 2.97. The Labute approximate surface area is 228 Å². The lowest BCUT2D eigenvalue weighted by atomic mass is 9.90. The zero-order valence-corrected chi connectivity index (χ0v) is 22.1. The second-order valence-electron chi connectivity index (χ2n) is 9.75. The van der Waals surface area contributed by atoms with Gasteiger partial charge in [-0.2, -0.15) is 0 Å². The molecule has 1 aliphatic heterocycles. The molecule has 1 saturated heterocycles. The fraction of sp³-hybridized carbons (Fsp3) is 0.281. The molecule has 1 fully saturated rings. The highest BCUT2D eigenvalue weighted by molar-refractivity contribution is 5.94. The van der Waals surface area contributed by atoms with Gasteiger partial charge >= 0.3 is 5.97 Å². The first-order valence-electron chi connectivity index (χ1n) is 13.5. The minimum atomic E-state index is -0.391. The van der Waals surface area contributed by atoms with E-state index < -0.39 is 5.97 Å². The molecule has 1 aromatic heterocycles. The number of amides is 1. The number of fused-ring (bicyclic) bond motifs is 1. The van der Waals surface area contributed by atoms with Crippen molar-refractivity contribution in [2.24, 2.45) is 5.92 Å². The van der Waals surface area contributed by atoms with E-state index in [1.807, 2.05) is 18.2 Å². The molecule has 7 nitrogen and oxygen atoms in total. The number of hydrogen-bond donors (Lipinski definition) is 1. The highest BCUT2D eigenvalue weighted by atomic mass is 16.5. The molecule has 0 bridgehead atoms. The molecule has 2 heterocycles. The summed E-state index contributed by atoms with van der Waals surface area (Å²) in [5.74, 6) is 1.50. The van der Waals surface area contributed by atoms with Crippen molar-refractivity contribution < 1.29 is 19.1 Å². The third-order valence-electron chi connectivity index (χ3n) is 7.01. The first kappa shape index (κ1) is 26.2. The summed E-state index contributed by atoms with van der Waals surface area (Å²) in [5.41, 5.74) is 3.15. The van der Waals surface area contributed by atoms with Crippen LogP contribution in [0.2, 0.25) is 0 Å². The maximum absolute atomic E-state index is 12.6. The summed E-state index contributed by atoms with van der Waals surface area (Å²) in [6.07, 6.45) is 3.39. The number of rotatable bonds is 9. The molecule has 200 valence electrons. The van der Waals surface area contributed by atoms with Crippen molar-refractivity contribution in [3.63, 3.8) is 0 Å². The van der Waals surface area contributed by atoms with Crippen LogP contribution in [0.25, 0.3) is 10.9 Å². The Morgan fingerprint density at radius 3 is 2.44 bits per heavy atom. The quantitative estimate of drug-likeness (QED) is 0.276. The number of carbonyl (C=O) groups is 2. The molecule has 0 unspecified atom stereocenters. The number of piperidine rings is 1. The van der Waals surface area contributed by atoms with E-state index in [0.717, 1.165) is 49.1 Å². The largest absolute Gasteiger partial charge is 0.481 e. The third-order valence-corrected chi connectivity index (χ3v) is 7.01. The number of esters is 1. The molecular formula is C32H33N3O4. The molecule has 0 saturated carbocycles. The Kier molecular flexibility index (Phi) is 8.36. The van der Waals surface area contributed by atoms with E-state index in [0.29, 0.717) is 29.5 Å². The molecule has 7 heteroatoms. The van der Waals surface area contributed by atoms with Crippen molar-refractivity contribution in [1.82, 2.24) is 4.98 Å². The summed E-state index contributed by atoms with van der Waals surface area (Å²) in [4.78, 5) is 31.6. The van der Waals surface area contributed by atoms with Crippen LogP contribution in [0.3, 0.4) is 0 Å². The van der Waals surface area contributed by atoms with Crippen LogP contribution in [-0.4, -0.2) is 43.2 Å². The van der Waals surface area contributed by atoms with Gasteiger partial charge in [-0.05, 0) is 80.1 Å². The number of benzene rings is 3. The van der Waals surface area contributed by atoms with Crippen molar-refractivity contribution in [2.75, 3.05) is 36.5 Å². The molecule has 3 aromatic carbocycles. The summed E-state index contributed by atoms with van der Waals surface area (Å²) >= 11 is 0. The third kappa shape index (κ3) is 6.74. The number of anilines is 2. The molecule has 4 aromatic rings. The molecule has 0 aliphatic carbocycles. The number of pyridine rings is 1. The Hall–Kier alpha value is -4.39. The van der Waals surface area contributed by atoms with Gasteiger partial charge in [0.25, 0.3) is 5.91 Å². The van der Waals surface area contributed by atoms with Gasteiger partial charge in [-0.25, -0.2) is 9.78 Å². The van der Waals surface area contributed by atoms with Gasteiger partial charge in [0.2, 0.25) is 0 Å². The van der Waals surface area contributed by atoms with Crippen molar-refractivity contribution in [3.05, 3.63) is 96.1 Å². The van der Waals surface area contributed by atoms with Crippen LogP contribution in [0, 0.1) is 5.92 Å². The topological polar surface area (TPSA) is 80.8 Å². The van der Waals surface area contributed by atoms with E-state index in [-0.39, 0.29) is 12.5 Å². The first-order valence-corrected chi connectivity index (χ1v) is 13.5. The van der Waals surface area contributed by atoms with Crippen LogP contribution in [0.15, 0.2) is 84.9 Å². The summed E-state index contributed by atoms with van der Waals surface area (Å²) in [6, 6.07) is 27.1. The monoisotopic (exact) mass is 523 g/mol. The van der Waals surface area contributed by atoms with Gasteiger partial charge in [-0.15, -0.1) is 0 Å². The minimum Gasteiger partial charge on any atom is -0.481 e. The number of hydrogen-bond acceptors (Lipinski definition) is 6. The van der Waals surface area contributed by atoms with Crippen LogP contribution in [-0.2, 0) is 16.0 Å². The summed E-state index contributed by atoms with van der Waals surface area (Å²) in [5, 5.41) is 3.76. The number of para-hydroxylation sites is 1. The highest BCUT2D eigenvalue weighted by Gasteiger charge is 2.21. The first-order chi connectivity index (χ1) is 19.1. The average molecular weight is 524 g/mol. The zero-order valence-electron chi connectivity index (χ0n) is 22.1. The van der Waals surface area contributed by atoms with Crippen LogP contribution in [0.4, 0.5) is 11.5 Å². The Morgan fingerprint density at radius 2 is 1.69 bits per heavy atom. The number of ether oxygens (including phenoxy) is 2. The van der Waals surface area contributed by atoms with E-state index in [1.54, 1.807) is 31.2 Å². The number of nitrogens with zero attached hydrogens (tertiary/aromatic N) is 2. The van der Waals surface area contributed by atoms with Gasteiger partial charge in [0.05, 0.1) is 12.2 Å². The maximum Gasteiger partial charge on any atom is 0.338 e. The number of aromatic nitrogens is 1. The lowest BCUT2D eigenvalue weighted by Gasteiger charge is -2.33. The normalized spacial score (nSPS) is 13.7. The van der Waals surface area contributed by atoms with Crippen LogP contribution < -0.4 is 15.0 Å². The van der Waals surface area contributed by atoms with Crippen molar-refractivity contribution in [3.8, 4) is 5.75 Å². The van der Waals surface area contributed by atoms with Crippen LogP contribution >= 0.6 is 0 Å². The van der Waals surface area contributed by atoms with Gasteiger partial charge in [0.1, 0.15) is 17.1 Å². The SMILES string of the molecule is CCOC(=O)c1ccc(NC(=O)COc2cccc3ccc(N4CCC(Cc5ccccc5)CC4)nc23)cc1. The van der Waals surface area contributed by atoms with Crippen molar-refractivity contribution in [1.29, 1.82) is 0 Å². The summed E-state index contributed by atoms with van der Waals surface area (Å²) in [7, 11) is 0. The van der Waals surface area contributed by atoms with Gasteiger partial charge in [-0.1, -0.05) is 42.5 Å². The smallest absolute Gasteiger partial charge is 0.338 e. The molecule has 1 amide bonds. The van der Waals surface area contributed by atoms with Gasteiger partial charge < -0.3 is 19.7 Å². The second kappa shape index (κ2) is 12.4. The van der Waals surface area contributed by atoms with Gasteiger partial charge in [0, 0.05) is 24.2 Å². The summed E-state index contributed by atoms with van der Waals surface area (Å²) < 4.78 is 10.9. The van der Waals surface area contributed by atoms with E-state index in [4.69, 9.17) is 14.5 Å². The lowest BCUT2D eigenvalue weighted by molar-refractivity contribution is -0.118. The number of carbonyl (C=O) groups excluding carboxylic acids is 2. The Balaban J connectivity index is 1.19. The van der Waals surface area contributed by atoms with Crippen molar-refractivity contribution in [2.45, 2.75) is 26.2 Å². The van der Waals surface area contributed by atoms with E-state index in [2.05, 4.69) is 52.7 Å². The predicted molar refractivity (Wildman–Crippen MR) is 153 cm³/mol. The standard InChI is InChI=1S/C32H33N3O4/c1-2-38-32(37)26-11-14-27(15-12-26)33-30(36)22-39-28-10-6-9-25-13-16-29(34-31(25)28)35-19-17-24(18-20-35)21-23-7-4-3-5-8-23/h3-16,24H,2,17-22H2,1H3,(H,33,36). The molecular weight excluding hydrogens is 490 g/mol. The van der Waals surface area contributed by atoms with Gasteiger partial charge in [0.15, 0.2) is 6.61 Å². The zero-order chi connectivity index (χ0) is 27.0. The van der Waals surface area contributed by atoms with Crippen molar-refractivity contribution >= 4 is 34.3 Å². The Bertz CT molecular complexity index is 1410. The molecule has 0 radical (unpaired) electrons. The molecule has 1 aliphatic rings. The summed E-state index contributed by atoms with van der Waals surface area (Å²) in [6.45, 7) is 3.85. The lowest BCUT2D eigenvalue weighted by Crippen LogP contribution is -2.34. The fourth-order valence-electron chi connectivity index (χ4n) is 4.96. The highest BCUT2D eigenvalue weighted by Crippen LogP contribution is 2.29. The van der Waals surface area contributed by atoms with Crippen LogP contribution in [0.1, 0.15) is 35.7 Å². The van der Waals surface area contributed by atoms with Gasteiger partial charge in [-0.3, -0.25) is 4.79 Å². The second-order valence-corrected chi connectivity index (χ2v) is 9.75. The molecule has 1 N–H and O–H groups in total. The van der Waals surface area contributed by atoms with E-state index in [9.17, 15) is 9.59 Å². The maximum atomic E-state index is 12.6. The molecule has 0 atom stereocenters. The Morgan fingerprint density at radius 1 is 0.923 bits per heavy atom. The minimum absolute atomic E-state index is 0.157. The van der Waals surface area contributed by atoms with E-state index >= 15 is 0 Å². The molecule has 0 spiro atoms.